The first-order valence-electron chi connectivity index (χ1n) is 4.41. The van der Waals surface area contributed by atoms with Crippen LogP contribution < -0.4 is 4.74 Å². The number of ether oxygens (including phenoxy) is 1. The average Bonchev–Trinajstić information content (AvgIpc) is 2.16. The first kappa shape index (κ1) is 9.78. The van der Waals surface area contributed by atoms with E-state index in [9.17, 15) is 0 Å². The Balaban J connectivity index is 3.18. The van der Waals surface area contributed by atoms with Crippen LogP contribution >= 0.6 is 0 Å². The first-order valence-corrected chi connectivity index (χ1v) is 4.41. The quantitative estimate of drug-likeness (QED) is 0.707. The summed E-state index contributed by atoms with van der Waals surface area (Å²) < 4.78 is 5.11. The van der Waals surface area contributed by atoms with Gasteiger partial charge in [-0.3, -0.25) is 0 Å². The Labute approximate surface area is 79.1 Å². The second kappa shape index (κ2) is 4.08. The van der Waals surface area contributed by atoms with Crippen molar-refractivity contribution in [2.75, 3.05) is 7.11 Å². The van der Waals surface area contributed by atoms with E-state index in [1.54, 1.807) is 14.0 Å². The normalized spacial score (nSPS) is 9.77. The molecule has 0 amide bonds. The predicted molar refractivity (Wildman–Crippen MR) is 54.9 cm³/mol. The molecule has 13 heavy (non-hydrogen) atoms. The van der Waals surface area contributed by atoms with Crippen molar-refractivity contribution in [2.45, 2.75) is 20.3 Å². The molecule has 70 valence electrons. The summed E-state index contributed by atoms with van der Waals surface area (Å²) in [7, 11) is 1.64. The van der Waals surface area contributed by atoms with Crippen molar-refractivity contribution in [1.82, 2.24) is 0 Å². The molecule has 0 aliphatic heterocycles. The van der Waals surface area contributed by atoms with E-state index in [0.29, 0.717) is 5.71 Å². The fourth-order valence-electron chi connectivity index (χ4n) is 1.34. The lowest BCUT2D eigenvalue weighted by Crippen LogP contribution is -1.99. The number of aryl methyl sites for hydroxylation is 1. The highest BCUT2D eigenvalue weighted by Crippen LogP contribution is 2.18. The molecule has 0 saturated heterocycles. The van der Waals surface area contributed by atoms with Gasteiger partial charge in [0.25, 0.3) is 0 Å². The molecular weight excluding hydrogens is 162 g/mol. The summed E-state index contributed by atoms with van der Waals surface area (Å²) in [6.07, 6.45) is 0.954. The summed E-state index contributed by atoms with van der Waals surface area (Å²) in [5.74, 6) is 0.818. The Kier molecular flexibility index (Phi) is 3.07. The smallest absolute Gasteiger partial charge is 0.119 e. The second-order valence-corrected chi connectivity index (χ2v) is 3.00. The van der Waals surface area contributed by atoms with Gasteiger partial charge in [0.1, 0.15) is 5.75 Å². The van der Waals surface area contributed by atoms with Crippen LogP contribution in [0.4, 0.5) is 0 Å². The van der Waals surface area contributed by atoms with E-state index in [4.69, 9.17) is 10.1 Å². The van der Waals surface area contributed by atoms with Crippen molar-refractivity contribution in [3.05, 3.63) is 29.3 Å². The molecule has 0 fully saturated rings. The van der Waals surface area contributed by atoms with Gasteiger partial charge in [-0.05, 0) is 31.0 Å². The van der Waals surface area contributed by atoms with Gasteiger partial charge < -0.3 is 10.1 Å². The van der Waals surface area contributed by atoms with Crippen LogP contribution in [0.3, 0.4) is 0 Å². The molecule has 0 aromatic heterocycles. The second-order valence-electron chi connectivity index (χ2n) is 3.00. The van der Waals surface area contributed by atoms with E-state index in [-0.39, 0.29) is 0 Å². The van der Waals surface area contributed by atoms with Crippen molar-refractivity contribution in [3.8, 4) is 5.75 Å². The monoisotopic (exact) mass is 177 g/mol. The molecule has 0 atom stereocenters. The Morgan fingerprint density at radius 3 is 2.62 bits per heavy atom. The van der Waals surface area contributed by atoms with E-state index in [1.807, 2.05) is 18.2 Å². The SMILES string of the molecule is CCc1ccc(OC)cc1C(C)=N. The minimum atomic E-state index is 0.593. The highest BCUT2D eigenvalue weighted by atomic mass is 16.5. The van der Waals surface area contributed by atoms with Crippen LogP contribution in [-0.4, -0.2) is 12.8 Å². The lowest BCUT2D eigenvalue weighted by molar-refractivity contribution is 0.414. The van der Waals surface area contributed by atoms with E-state index in [2.05, 4.69) is 6.92 Å². The number of nitrogens with one attached hydrogen (secondary N) is 1. The molecule has 0 heterocycles. The average molecular weight is 177 g/mol. The molecule has 2 nitrogen and oxygen atoms in total. The molecule has 0 bridgehead atoms. The van der Waals surface area contributed by atoms with Crippen LogP contribution in [0.2, 0.25) is 0 Å². The largest absolute Gasteiger partial charge is 0.497 e. The van der Waals surface area contributed by atoms with E-state index >= 15 is 0 Å². The minimum absolute atomic E-state index is 0.593. The Hall–Kier alpha value is -1.31. The van der Waals surface area contributed by atoms with E-state index < -0.39 is 0 Å². The van der Waals surface area contributed by atoms with Gasteiger partial charge in [0.05, 0.1) is 7.11 Å². The fourth-order valence-corrected chi connectivity index (χ4v) is 1.34. The van der Waals surface area contributed by atoms with Crippen LogP contribution in [0.15, 0.2) is 18.2 Å². The molecule has 0 aliphatic carbocycles. The van der Waals surface area contributed by atoms with Crippen molar-refractivity contribution in [3.63, 3.8) is 0 Å². The van der Waals surface area contributed by atoms with Crippen LogP contribution in [-0.2, 0) is 6.42 Å². The third kappa shape index (κ3) is 2.08. The molecule has 0 aliphatic rings. The topological polar surface area (TPSA) is 33.1 Å². The van der Waals surface area contributed by atoms with E-state index in [1.165, 1.54) is 5.56 Å². The zero-order chi connectivity index (χ0) is 9.84. The molecule has 0 saturated carbocycles. The molecular formula is C11H15NO. The highest BCUT2D eigenvalue weighted by Gasteiger charge is 2.04. The number of hydrogen-bond acceptors (Lipinski definition) is 2. The van der Waals surface area contributed by atoms with Gasteiger partial charge in [0.2, 0.25) is 0 Å². The summed E-state index contributed by atoms with van der Waals surface area (Å²) in [6, 6.07) is 5.87. The highest BCUT2D eigenvalue weighted by molar-refractivity contribution is 5.98. The third-order valence-electron chi connectivity index (χ3n) is 2.10. The third-order valence-corrected chi connectivity index (χ3v) is 2.10. The maximum Gasteiger partial charge on any atom is 0.119 e. The maximum absolute atomic E-state index is 7.60. The zero-order valence-corrected chi connectivity index (χ0v) is 8.35. The Morgan fingerprint density at radius 2 is 2.15 bits per heavy atom. The molecule has 1 aromatic carbocycles. The zero-order valence-electron chi connectivity index (χ0n) is 8.35. The molecule has 1 N–H and O–H groups in total. The van der Waals surface area contributed by atoms with E-state index in [0.717, 1.165) is 17.7 Å². The molecule has 1 rings (SSSR count). The summed E-state index contributed by atoms with van der Waals surface area (Å²) in [6.45, 7) is 3.89. The molecule has 0 spiro atoms. The van der Waals surface area contributed by atoms with Crippen LogP contribution in [0.1, 0.15) is 25.0 Å². The molecule has 2 heteroatoms. The number of rotatable bonds is 3. The Bertz CT molecular complexity index is 318. The first-order chi connectivity index (χ1) is 6.19. The van der Waals surface area contributed by atoms with Crippen LogP contribution in [0, 0.1) is 5.41 Å². The summed E-state index contributed by atoms with van der Waals surface area (Å²) in [5.41, 5.74) is 2.78. The van der Waals surface area contributed by atoms with Gasteiger partial charge in [-0.25, -0.2) is 0 Å². The summed E-state index contributed by atoms with van der Waals surface area (Å²) >= 11 is 0. The van der Waals surface area contributed by atoms with Gasteiger partial charge in [0.15, 0.2) is 0 Å². The maximum atomic E-state index is 7.60. The van der Waals surface area contributed by atoms with Crippen molar-refractivity contribution in [1.29, 1.82) is 5.41 Å². The molecule has 0 unspecified atom stereocenters. The number of hydrogen-bond donors (Lipinski definition) is 1. The fraction of sp³-hybridized carbons (Fsp3) is 0.364. The minimum Gasteiger partial charge on any atom is -0.497 e. The molecule has 1 aromatic rings. The van der Waals surface area contributed by atoms with Gasteiger partial charge in [-0.1, -0.05) is 13.0 Å². The lowest BCUT2D eigenvalue weighted by atomic mass is 10.0. The van der Waals surface area contributed by atoms with Crippen molar-refractivity contribution < 1.29 is 4.74 Å². The van der Waals surface area contributed by atoms with Crippen molar-refractivity contribution in [2.24, 2.45) is 0 Å². The van der Waals surface area contributed by atoms with Gasteiger partial charge >= 0.3 is 0 Å². The number of benzene rings is 1. The van der Waals surface area contributed by atoms with Crippen LogP contribution in [0.25, 0.3) is 0 Å². The van der Waals surface area contributed by atoms with Gasteiger partial charge in [-0.2, -0.15) is 0 Å². The summed E-state index contributed by atoms with van der Waals surface area (Å²) in [5, 5.41) is 7.60. The number of methoxy groups -OCH3 is 1. The van der Waals surface area contributed by atoms with Crippen LogP contribution in [0.5, 0.6) is 5.75 Å². The summed E-state index contributed by atoms with van der Waals surface area (Å²) in [4.78, 5) is 0. The standard InChI is InChI=1S/C11H15NO/c1-4-9-5-6-10(13-3)7-11(9)8(2)12/h5-7,12H,4H2,1-3H3. The van der Waals surface area contributed by atoms with Crippen molar-refractivity contribution >= 4 is 5.71 Å². The predicted octanol–water partition coefficient (Wildman–Crippen LogP) is 2.65. The van der Waals surface area contributed by atoms with Gasteiger partial charge in [-0.15, -0.1) is 0 Å². The lowest BCUT2D eigenvalue weighted by Gasteiger charge is -2.08. The molecule has 0 radical (unpaired) electrons. The Morgan fingerprint density at radius 1 is 1.46 bits per heavy atom. The van der Waals surface area contributed by atoms with Gasteiger partial charge in [0, 0.05) is 11.3 Å².